The molecule has 0 aromatic heterocycles. The van der Waals surface area contributed by atoms with Gasteiger partial charge in [0, 0.05) is 23.7 Å². The van der Waals surface area contributed by atoms with Crippen LogP contribution >= 0.6 is 11.6 Å². The molecule has 2 saturated heterocycles. The number of ether oxygens (including phenoxy) is 2. The summed E-state index contributed by atoms with van der Waals surface area (Å²) in [6.45, 7) is 0.882. The van der Waals surface area contributed by atoms with Crippen LogP contribution in [0.15, 0.2) is 48.5 Å². The van der Waals surface area contributed by atoms with Crippen LogP contribution in [0.2, 0.25) is 5.02 Å². The van der Waals surface area contributed by atoms with E-state index in [9.17, 15) is 14.4 Å². The van der Waals surface area contributed by atoms with Crippen molar-refractivity contribution in [2.24, 2.45) is 0 Å². The second-order valence-corrected chi connectivity index (χ2v) is 8.02. The van der Waals surface area contributed by atoms with E-state index < -0.39 is 11.9 Å². The van der Waals surface area contributed by atoms with E-state index in [2.05, 4.69) is 0 Å². The number of halogens is 1. The van der Waals surface area contributed by atoms with Crippen molar-refractivity contribution in [2.75, 3.05) is 25.2 Å². The Morgan fingerprint density at radius 2 is 1.87 bits per heavy atom. The lowest BCUT2D eigenvalue weighted by Gasteiger charge is -2.30. The number of methoxy groups -OCH3 is 1. The second-order valence-electron chi connectivity index (χ2n) is 7.58. The lowest BCUT2D eigenvalue weighted by molar-refractivity contribution is -0.122. The van der Waals surface area contributed by atoms with Crippen molar-refractivity contribution in [2.45, 2.75) is 31.4 Å². The maximum atomic E-state index is 13.4. The number of carbonyl (C=O) groups excluding carboxylic acids is 3. The summed E-state index contributed by atoms with van der Waals surface area (Å²) in [7, 11) is 1.55. The van der Waals surface area contributed by atoms with Gasteiger partial charge in [-0.25, -0.2) is 4.90 Å². The summed E-state index contributed by atoms with van der Waals surface area (Å²) in [5, 5.41) is 0.508. The first-order chi connectivity index (χ1) is 15.0. The minimum absolute atomic E-state index is 0.0733. The van der Waals surface area contributed by atoms with Gasteiger partial charge in [-0.1, -0.05) is 11.6 Å². The predicted octanol–water partition coefficient (Wildman–Crippen LogP) is 3.30. The number of nitrogens with zero attached hydrogens (tertiary/aromatic N) is 2. The summed E-state index contributed by atoms with van der Waals surface area (Å²) in [6.07, 6.45) is 1.48. The monoisotopic (exact) mass is 442 g/mol. The molecule has 2 atom stereocenters. The van der Waals surface area contributed by atoms with Gasteiger partial charge in [-0.2, -0.15) is 0 Å². The van der Waals surface area contributed by atoms with Crippen molar-refractivity contribution >= 4 is 35.0 Å². The predicted molar refractivity (Wildman–Crippen MR) is 115 cm³/mol. The molecule has 4 rings (SSSR count). The van der Waals surface area contributed by atoms with Gasteiger partial charge in [0.05, 0.1) is 25.3 Å². The van der Waals surface area contributed by atoms with E-state index in [1.54, 1.807) is 55.6 Å². The smallest absolute Gasteiger partial charge is 0.257 e. The zero-order valence-corrected chi connectivity index (χ0v) is 17.9. The third-order valence-corrected chi connectivity index (χ3v) is 5.86. The molecule has 31 heavy (non-hydrogen) atoms. The Morgan fingerprint density at radius 1 is 1.16 bits per heavy atom. The number of hydrogen-bond donors (Lipinski definition) is 0. The van der Waals surface area contributed by atoms with Gasteiger partial charge >= 0.3 is 0 Å². The highest BCUT2D eigenvalue weighted by atomic mass is 35.5. The quantitative estimate of drug-likeness (QED) is 0.641. The summed E-state index contributed by atoms with van der Waals surface area (Å²) in [4.78, 5) is 42.0. The van der Waals surface area contributed by atoms with Crippen LogP contribution in [0.5, 0.6) is 5.75 Å². The molecule has 2 unspecified atom stereocenters. The number of rotatable bonds is 6. The van der Waals surface area contributed by atoms with Crippen molar-refractivity contribution in [3.63, 3.8) is 0 Å². The van der Waals surface area contributed by atoms with E-state index in [0.717, 1.165) is 17.7 Å². The first-order valence-electron chi connectivity index (χ1n) is 10.2. The Hall–Kier alpha value is -2.90. The fraction of sp³-hybridized carbons (Fsp3) is 0.348. The van der Waals surface area contributed by atoms with Crippen LogP contribution in [0.1, 0.15) is 29.6 Å². The standard InChI is InChI=1S/C23H23ClN2O5/c1-30-18-10-4-15(5-11-18)22(28)25(14-19-3-2-12-31-19)20-13-21(27)26(23(20)29)17-8-6-16(24)7-9-17/h4-11,19-20H,2-3,12-14H2,1H3. The fourth-order valence-corrected chi connectivity index (χ4v) is 4.11. The molecule has 7 nitrogen and oxygen atoms in total. The van der Waals surface area contributed by atoms with E-state index >= 15 is 0 Å². The van der Waals surface area contributed by atoms with Crippen molar-refractivity contribution in [3.8, 4) is 5.75 Å². The molecule has 2 heterocycles. The maximum Gasteiger partial charge on any atom is 0.257 e. The minimum atomic E-state index is -0.887. The van der Waals surface area contributed by atoms with Crippen LogP contribution in [0.3, 0.4) is 0 Å². The number of hydrogen-bond acceptors (Lipinski definition) is 5. The summed E-state index contributed by atoms with van der Waals surface area (Å²) in [5.41, 5.74) is 0.861. The molecule has 0 bridgehead atoms. The summed E-state index contributed by atoms with van der Waals surface area (Å²) in [5.74, 6) is -0.463. The van der Waals surface area contributed by atoms with Gasteiger partial charge in [0.2, 0.25) is 5.91 Å². The molecule has 162 valence electrons. The molecule has 2 aliphatic rings. The summed E-state index contributed by atoms with van der Waals surface area (Å²) >= 11 is 5.93. The summed E-state index contributed by atoms with van der Waals surface area (Å²) < 4.78 is 10.9. The third-order valence-electron chi connectivity index (χ3n) is 5.61. The average Bonchev–Trinajstić information content (AvgIpc) is 3.40. The van der Waals surface area contributed by atoms with Crippen LogP contribution in [-0.2, 0) is 14.3 Å². The van der Waals surface area contributed by atoms with Crippen molar-refractivity contribution < 1.29 is 23.9 Å². The number of amides is 3. The first-order valence-corrected chi connectivity index (χ1v) is 10.5. The molecule has 3 amide bonds. The molecule has 8 heteroatoms. The number of carbonyl (C=O) groups is 3. The Kier molecular flexibility index (Phi) is 6.25. The Morgan fingerprint density at radius 3 is 2.48 bits per heavy atom. The maximum absolute atomic E-state index is 13.4. The van der Waals surface area contributed by atoms with E-state index in [0.29, 0.717) is 28.6 Å². The largest absolute Gasteiger partial charge is 0.497 e. The van der Waals surface area contributed by atoms with Crippen molar-refractivity contribution in [3.05, 3.63) is 59.1 Å². The van der Waals surface area contributed by atoms with E-state index in [1.807, 2.05) is 0 Å². The number of anilines is 1. The van der Waals surface area contributed by atoms with E-state index in [1.165, 1.54) is 4.90 Å². The Bertz CT molecular complexity index is 970. The number of imide groups is 1. The molecular weight excluding hydrogens is 420 g/mol. The zero-order valence-electron chi connectivity index (χ0n) is 17.1. The van der Waals surface area contributed by atoms with Crippen LogP contribution in [0.25, 0.3) is 0 Å². The molecule has 0 saturated carbocycles. The third kappa shape index (κ3) is 4.43. The highest BCUT2D eigenvalue weighted by Gasteiger charge is 2.45. The molecule has 2 aliphatic heterocycles. The molecule has 0 spiro atoms. The molecular formula is C23H23ClN2O5. The van der Waals surface area contributed by atoms with E-state index in [-0.39, 0.29) is 30.9 Å². The lowest BCUT2D eigenvalue weighted by Crippen LogP contribution is -2.48. The van der Waals surface area contributed by atoms with Gasteiger partial charge in [0.15, 0.2) is 0 Å². The normalized spacial score (nSPS) is 20.9. The highest BCUT2D eigenvalue weighted by Crippen LogP contribution is 2.29. The Balaban J connectivity index is 1.62. The molecule has 0 N–H and O–H groups in total. The van der Waals surface area contributed by atoms with Gasteiger partial charge in [0.1, 0.15) is 11.8 Å². The number of benzene rings is 2. The van der Waals surface area contributed by atoms with Gasteiger partial charge in [0.25, 0.3) is 11.8 Å². The Labute approximate surface area is 185 Å². The van der Waals surface area contributed by atoms with Gasteiger partial charge in [-0.15, -0.1) is 0 Å². The van der Waals surface area contributed by atoms with Gasteiger partial charge in [-0.3, -0.25) is 14.4 Å². The second kappa shape index (κ2) is 9.08. The zero-order chi connectivity index (χ0) is 22.0. The van der Waals surface area contributed by atoms with Gasteiger partial charge in [-0.05, 0) is 61.4 Å². The van der Waals surface area contributed by atoms with Gasteiger partial charge < -0.3 is 14.4 Å². The molecule has 2 aromatic rings. The van der Waals surface area contributed by atoms with E-state index in [4.69, 9.17) is 21.1 Å². The molecule has 0 radical (unpaired) electrons. The molecule has 2 aromatic carbocycles. The van der Waals surface area contributed by atoms with Crippen LogP contribution in [-0.4, -0.2) is 55.0 Å². The molecule has 0 aliphatic carbocycles. The summed E-state index contributed by atoms with van der Waals surface area (Å²) in [6, 6.07) is 12.3. The SMILES string of the molecule is COc1ccc(C(=O)N(CC2CCCO2)C2CC(=O)N(c3ccc(Cl)cc3)C2=O)cc1. The van der Waals surface area contributed by atoms with Crippen molar-refractivity contribution in [1.82, 2.24) is 4.90 Å². The minimum Gasteiger partial charge on any atom is -0.497 e. The fourth-order valence-electron chi connectivity index (χ4n) is 3.98. The van der Waals surface area contributed by atoms with Crippen molar-refractivity contribution in [1.29, 1.82) is 0 Å². The first kappa shape index (κ1) is 21.3. The average molecular weight is 443 g/mol. The van der Waals surface area contributed by atoms with Crippen LogP contribution in [0, 0.1) is 0 Å². The topological polar surface area (TPSA) is 76.2 Å². The van der Waals surface area contributed by atoms with Crippen LogP contribution < -0.4 is 9.64 Å². The van der Waals surface area contributed by atoms with Crippen LogP contribution in [0.4, 0.5) is 5.69 Å². The highest BCUT2D eigenvalue weighted by molar-refractivity contribution is 6.31. The lowest BCUT2D eigenvalue weighted by atomic mass is 10.1. The molecule has 2 fully saturated rings.